The average molecular weight is 415 g/mol. The van der Waals surface area contributed by atoms with E-state index in [2.05, 4.69) is 30.9 Å². The fraction of sp³-hybridized carbons (Fsp3) is 0.478. The van der Waals surface area contributed by atoms with Crippen molar-refractivity contribution in [2.75, 3.05) is 31.0 Å². The number of sulfonamides is 1. The first kappa shape index (κ1) is 20.2. The van der Waals surface area contributed by atoms with Crippen LogP contribution in [0.4, 0.5) is 5.69 Å². The molecule has 6 heteroatoms. The molecular formula is C23H30N2O3S. The summed E-state index contributed by atoms with van der Waals surface area (Å²) in [5, 5.41) is 0. The normalized spacial score (nSPS) is 20.2. The SMILES string of the molecule is COc1ccc(CN2CCC3(CC2)c2ccccc2N(CC(C)C)S3(=O)=O)cc1. The fourth-order valence-corrected chi connectivity index (χ4v) is 7.16. The van der Waals surface area contributed by atoms with Crippen LogP contribution in [0.2, 0.25) is 0 Å². The molecule has 1 spiro atoms. The zero-order valence-corrected chi connectivity index (χ0v) is 18.3. The first-order valence-corrected chi connectivity index (χ1v) is 11.8. The highest BCUT2D eigenvalue weighted by atomic mass is 32.2. The van der Waals surface area contributed by atoms with E-state index in [0.717, 1.165) is 36.6 Å². The number of piperidine rings is 1. The first-order chi connectivity index (χ1) is 13.9. The Kier molecular flexibility index (Phi) is 5.34. The summed E-state index contributed by atoms with van der Waals surface area (Å²) in [5.41, 5.74) is 3.09. The number of hydrogen-bond donors (Lipinski definition) is 0. The van der Waals surface area contributed by atoms with Crippen LogP contribution >= 0.6 is 0 Å². The lowest BCUT2D eigenvalue weighted by atomic mass is 9.87. The van der Waals surface area contributed by atoms with E-state index in [0.29, 0.717) is 19.4 Å². The molecule has 2 aromatic carbocycles. The van der Waals surface area contributed by atoms with Gasteiger partial charge in [-0.25, -0.2) is 8.42 Å². The van der Waals surface area contributed by atoms with E-state index in [4.69, 9.17) is 4.74 Å². The number of anilines is 1. The van der Waals surface area contributed by atoms with E-state index in [9.17, 15) is 8.42 Å². The maximum Gasteiger partial charge on any atom is 0.245 e. The van der Waals surface area contributed by atoms with Crippen LogP contribution in [0.5, 0.6) is 5.75 Å². The Bertz CT molecular complexity index is 962. The van der Waals surface area contributed by atoms with Crippen molar-refractivity contribution in [3.8, 4) is 5.75 Å². The van der Waals surface area contributed by atoms with Gasteiger partial charge >= 0.3 is 0 Å². The molecule has 2 aromatic rings. The molecule has 29 heavy (non-hydrogen) atoms. The molecule has 156 valence electrons. The van der Waals surface area contributed by atoms with Gasteiger partial charge in [-0.1, -0.05) is 44.2 Å². The van der Waals surface area contributed by atoms with Gasteiger partial charge in [-0.3, -0.25) is 9.21 Å². The summed E-state index contributed by atoms with van der Waals surface area (Å²) >= 11 is 0. The molecule has 2 aliphatic rings. The summed E-state index contributed by atoms with van der Waals surface area (Å²) in [6.07, 6.45) is 1.27. The lowest BCUT2D eigenvalue weighted by Crippen LogP contribution is -2.48. The highest BCUT2D eigenvalue weighted by Crippen LogP contribution is 2.52. The molecule has 4 rings (SSSR count). The molecule has 2 heterocycles. The van der Waals surface area contributed by atoms with E-state index in [1.165, 1.54) is 5.56 Å². The summed E-state index contributed by atoms with van der Waals surface area (Å²) in [4.78, 5) is 2.36. The molecule has 2 aliphatic heterocycles. The third-order valence-electron chi connectivity index (χ3n) is 6.21. The second kappa shape index (κ2) is 7.65. The van der Waals surface area contributed by atoms with Crippen molar-refractivity contribution in [1.82, 2.24) is 4.90 Å². The monoisotopic (exact) mass is 414 g/mol. The number of likely N-dealkylation sites (tertiary alicyclic amines) is 1. The molecule has 0 aliphatic carbocycles. The second-order valence-corrected chi connectivity index (χ2v) is 10.7. The maximum atomic E-state index is 13.7. The summed E-state index contributed by atoms with van der Waals surface area (Å²) in [6.45, 7) is 7.06. The van der Waals surface area contributed by atoms with Crippen molar-refractivity contribution in [3.05, 3.63) is 59.7 Å². The summed E-state index contributed by atoms with van der Waals surface area (Å²) in [5.74, 6) is 1.13. The van der Waals surface area contributed by atoms with E-state index in [1.807, 2.05) is 36.4 Å². The molecule has 0 N–H and O–H groups in total. The van der Waals surface area contributed by atoms with Crippen LogP contribution < -0.4 is 9.04 Å². The Morgan fingerprint density at radius 3 is 2.31 bits per heavy atom. The van der Waals surface area contributed by atoms with Gasteiger partial charge in [0.05, 0.1) is 12.8 Å². The van der Waals surface area contributed by atoms with Gasteiger partial charge in [0.2, 0.25) is 10.0 Å². The van der Waals surface area contributed by atoms with Crippen LogP contribution in [0.3, 0.4) is 0 Å². The average Bonchev–Trinajstić information content (AvgIpc) is 2.89. The highest BCUT2D eigenvalue weighted by molar-refractivity contribution is 7.94. The number of ether oxygens (including phenoxy) is 1. The van der Waals surface area contributed by atoms with Crippen LogP contribution in [0, 0.1) is 5.92 Å². The van der Waals surface area contributed by atoms with Gasteiger partial charge in [-0.05, 0) is 48.1 Å². The minimum atomic E-state index is -3.42. The van der Waals surface area contributed by atoms with Crippen molar-refractivity contribution >= 4 is 15.7 Å². The quantitative estimate of drug-likeness (QED) is 0.742. The van der Waals surface area contributed by atoms with Crippen LogP contribution in [-0.4, -0.2) is 40.1 Å². The van der Waals surface area contributed by atoms with E-state index in [1.54, 1.807) is 11.4 Å². The minimum absolute atomic E-state index is 0.281. The topological polar surface area (TPSA) is 49.9 Å². The van der Waals surface area contributed by atoms with Crippen LogP contribution in [0.25, 0.3) is 0 Å². The molecule has 0 amide bonds. The van der Waals surface area contributed by atoms with Gasteiger partial charge in [-0.15, -0.1) is 0 Å². The van der Waals surface area contributed by atoms with Crippen molar-refractivity contribution in [2.24, 2.45) is 5.92 Å². The third kappa shape index (κ3) is 3.42. The summed E-state index contributed by atoms with van der Waals surface area (Å²) in [7, 11) is -1.75. The lowest BCUT2D eigenvalue weighted by molar-refractivity contribution is 0.189. The Morgan fingerprint density at radius 1 is 1.03 bits per heavy atom. The predicted octanol–water partition coefficient (Wildman–Crippen LogP) is 3.99. The number of methoxy groups -OCH3 is 1. The molecule has 1 saturated heterocycles. The standard InChI is InChI=1S/C23H30N2O3S/c1-18(2)16-25-22-7-5-4-6-21(22)23(29(25,26)27)12-14-24(15-13-23)17-19-8-10-20(28-3)11-9-19/h4-11,18H,12-17H2,1-3H3. The first-order valence-electron chi connectivity index (χ1n) is 10.3. The number of benzene rings is 2. The number of para-hydroxylation sites is 1. The molecule has 5 nitrogen and oxygen atoms in total. The summed E-state index contributed by atoms with van der Waals surface area (Å²) in [6, 6.07) is 16.0. The van der Waals surface area contributed by atoms with Gasteiger partial charge in [0.1, 0.15) is 10.5 Å². The Hall–Kier alpha value is -2.05. The molecule has 0 aromatic heterocycles. The van der Waals surface area contributed by atoms with E-state index < -0.39 is 14.8 Å². The van der Waals surface area contributed by atoms with E-state index >= 15 is 0 Å². The zero-order valence-electron chi connectivity index (χ0n) is 17.5. The Labute approximate surface area is 174 Å². The van der Waals surface area contributed by atoms with Crippen molar-refractivity contribution < 1.29 is 13.2 Å². The van der Waals surface area contributed by atoms with Crippen molar-refractivity contribution in [3.63, 3.8) is 0 Å². The molecular weight excluding hydrogens is 384 g/mol. The molecule has 0 unspecified atom stereocenters. The van der Waals surface area contributed by atoms with Crippen molar-refractivity contribution in [1.29, 1.82) is 0 Å². The van der Waals surface area contributed by atoms with Crippen LogP contribution in [-0.2, 0) is 21.3 Å². The molecule has 0 atom stereocenters. The second-order valence-electron chi connectivity index (χ2n) is 8.57. The Morgan fingerprint density at radius 2 is 1.69 bits per heavy atom. The van der Waals surface area contributed by atoms with E-state index in [-0.39, 0.29) is 5.92 Å². The number of rotatable bonds is 5. The zero-order chi connectivity index (χ0) is 20.6. The van der Waals surface area contributed by atoms with Crippen LogP contribution in [0.15, 0.2) is 48.5 Å². The molecule has 0 bridgehead atoms. The largest absolute Gasteiger partial charge is 0.497 e. The number of fused-ring (bicyclic) bond motifs is 2. The Balaban J connectivity index is 1.56. The maximum absolute atomic E-state index is 13.7. The smallest absolute Gasteiger partial charge is 0.245 e. The van der Waals surface area contributed by atoms with Gasteiger partial charge in [0, 0.05) is 26.2 Å². The van der Waals surface area contributed by atoms with Gasteiger partial charge < -0.3 is 4.74 Å². The molecule has 0 radical (unpaired) electrons. The number of hydrogen-bond acceptors (Lipinski definition) is 4. The third-order valence-corrected chi connectivity index (χ3v) is 8.75. The highest BCUT2D eigenvalue weighted by Gasteiger charge is 2.56. The molecule has 1 fully saturated rings. The molecule has 0 saturated carbocycles. The number of nitrogens with zero attached hydrogens (tertiary/aromatic N) is 2. The summed E-state index contributed by atoms with van der Waals surface area (Å²) < 4.78 is 33.5. The van der Waals surface area contributed by atoms with Crippen LogP contribution in [0.1, 0.15) is 37.8 Å². The fourth-order valence-electron chi connectivity index (χ4n) is 4.67. The van der Waals surface area contributed by atoms with Crippen molar-refractivity contribution in [2.45, 2.75) is 38.0 Å². The predicted molar refractivity (Wildman–Crippen MR) is 117 cm³/mol. The van der Waals surface area contributed by atoms with Gasteiger partial charge in [-0.2, -0.15) is 0 Å². The minimum Gasteiger partial charge on any atom is -0.497 e. The van der Waals surface area contributed by atoms with Gasteiger partial charge in [0.15, 0.2) is 0 Å². The van der Waals surface area contributed by atoms with Gasteiger partial charge in [0.25, 0.3) is 0 Å². The lowest BCUT2D eigenvalue weighted by Gasteiger charge is -2.39.